The minimum Gasteiger partial charge on any atom is -0.497 e. The van der Waals surface area contributed by atoms with E-state index in [1.807, 2.05) is 41.3 Å². The number of hydrogen-bond acceptors (Lipinski definition) is 5. The third-order valence-electron chi connectivity index (χ3n) is 3.90. The van der Waals surface area contributed by atoms with E-state index in [0.717, 1.165) is 28.5 Å². The van der Waals surface area contributed by atoms with E-state index < -0.39 is 0 Å². The molecule has 2 heterocycles. The number of ether oxygens (including phenoxy) is 2. The van der Waals surface area contributed by atoms with Crippen molar-refractivity contribution in [1.82, 2.24) is 9.88 Å². The van der Waals surface area contributed by atoms with Gasteiger partial charge in [-0.25, -0.2) is 0 Å². The first-order valence-electron chi connectivity index (χ1n) is 7.75. The summed E-state index contributed by atoms with van der Waals surface area (Å²) in [6.45, 7) is 0.501. The summed E-state index contributed by atoms with van der Waals surface area (Å²) in [6, 6.07) is 11.5. The van der Waals surface area contributed by atoms with Crippen LogP contribution in [0.15, 0.2) is 42.6 Å². The van der Waals surface area contributed by atoms with Crippen LogP contribution in [0.25, 0.3) is 0 Å². The Bertz CT molecular complexity index is 686. The van der Waals surface area contributed by atoms with Gasteiger partial charge in [0.15, 0.2) is 0 Å². The lowest BCUT2D eigenvalue weighted by Gasteiger charge is -2.35. The molecule has 0 spiro atoms. The first-order chi connectivity index (χ1) is 11.7. The number of hydrogen-bond donors (Lipinski definition) is 0. The lowest BCUT2D eigenvalue weighted by atomic mass is 10.1. The number of carbonyl (C=O) groups is 1. The molecule has 0 N–H and O–H groups in total. The first-order valence-corrected chi connectivity index (χ1v) is 8.80. The zero-order valence-corrected chi connectivity index (χ0v) is 14.6. The second kappa shape index (κ2) is 7.57. The van der Waals surface area contributed by atoms with Gasteiger partial charge in [-0.05, 0) is 29.8 Å². The fourth-order valence-corrected chi connectivity index (χ4v) is 3.91. The zero-order chi connectivity index (χ0) is 16.9. The van der Waals surface area contributed by atoms with Gasteiger partial charge < -0.3 is 14.4 Å². The van der Waals surface area contributed by atoms with Gasteiger partial charge in [0.25, 0.3) is 0 Å². The van der Waals surface area contributed by atoms with Gasteiger partial charge in [0, 0.05) is 31.0 Å². The van der Waals surface area contributed by atoms with Crippen LogP contribution in [0, 0.1) is 0 Å². The van der Waals surface area contributed by atoms with Crippen LogP contribution in [0.2, 0.25) is 0 Å². The van der Waals surface area contributed by atoms with E-state index >= 15 is 0 Å². The predicted molar refractivity (Wildman–Crippen MR) is 94.1 cm³/mol. The lowest BCUT2D eigenvalue weighted by Crippen LogP contribution is -2.37. The molecule has 5 nitrogen and oxygen atoms in total. The molecular weight excluding hydrogens is 324 g/mol. The maximum atomic E-state index is 12.5. The van der Waals surface area contributed by atoms with Crippen LogP contribution in [-0.2, 0) is 11.3 Å². The largest absolute Gasteiger partial charge is 0.497 e. The molecule has 126 valence electrons. The molecule has 0 radical (unpaired) electrons. The fraction of sp³-hybridized carbons (Fsp3) is 0.333. The van der Waals surface area contributed by atoms with E-state index in [-0.39, 0.29) is 11.3 Å². The quantitative estimate of drug-likeness (QED) is 0.833. The van der Waals surface area contributed by atoms with Crippen molar-refractivity contribution in [3.63, 3.8) is 0 Å². The summed E-state index contributed by atoms with van der Waals surface area (Å²) < 4.78 is 10.6. The Balaban J connectivity index is 1.89. The van der Waals surface area contributed by atoms with Crippen LogP contribution in [0.5, 0.6) is 11.5 Å². The van der Waals surface area contributed by atoms with Gasteiger partial charge >= 0.3 is 0 Å². The molecule has 1 saturated heterocycles. The molecule has 1 aromatic carbocycles. The zero-order valence-electron chi connectivity index (χ0n) is 13.8. The normalized spacial score (nSPS) is 17.7. The molecular formula is C18H20N2O3S. The molecule has 0 aliphatic carbocycles. The number of thioether (sulfide) groups is 1. The summed E-state index contributed by atoms with van der Waals surface area (Å²) in [4.78, 5) is 18.8. The Labute approximate surface area is 146 Å². The third-order valence-corrected chi connectivity index (χ3v) is 5.15. The average molecular weight is 344 g/mol. The highest BCUT2D eigenvalue weighted by molar-refractivity contribution is 7.99. The highest BCUT2D eigenvalue weighted by Crippen LogP contribution is 2.37. The summed E-state index contributed by atoms with van der Waals surface area (Å²) in [6.07, 6.45) is 2.32. The van der Waals surface area contributed by atoms with Crippen molar-refractivity contribution >= 4 is 17.7 Å². The minimum absolute atomic E-state index is 0.0651. The minimum atomic E-state index is -0.0651. The van der Waals surface area contributed by atoms with Crippen LogP contribution in [-0.4, -0.2) is 35.8 Å². The maximum absolute atomic E-state index is 12.5. The Morgan fingerprint density at radius 2 is 1.96 bits per heavy atom. The number of benzene rings is 1. The van der Waals surface area contributed by atoms with Crippen LogP contribution in [0.1, 0.15) is 23.1 Å². The molecule has 6 heteroatoms. The molecule has 1 atom stereocenters. The molecule has 0 saturated carbocycles. The van der Waals surface area contributed by atoms with Crippen molar-refractivity contribution in [3.05, 3.63) is 53.9 Å². The average Bonchev–Trinajstić information content (AvgIpc) is 2.63. The number of amides is 1. The van der Waals surface area contributed by atoms with Crippen molar-refractivity contribution in [2.24, 2.45) is 0 Å². The maximum Gasteiger partial charge on any atom is 0.224 e. The highest BCUT2D eigenvalue weighted by atomic mass is 32.2. The molecule has 1 amide bonds. The molecule has 1 aliphatic heterocycles. The number of pyridine rings is 1. The predicted octanol–water partition coefficient (Wildman–Crippen LogP) is 3.26. The van der Waals surface area contributed by atoms with Crippen LogP contribution in [0.4, 0.5) is 0 Å². The van der Waals surface area contributed by atoms with Gasteiger partial charge in [0.05, 0.1) is 19.9 Å². The van der Waals surface area contributed by atoms with Gasteiger partial charge in [0.2, 0.25) is 5.91 Å². The second-order valence-electron chi connectivity index (χ2n) is 5.47. The van der Waals surface area contributed by atoms with Crippen molar-refractivity contribution in [2.75, 3.05) is 20.0 Å². The van der Waals surface area contributed by atoms with E-state index in [9.17, 15) is 4.79 Å². The van der Waals surface area contributed by atoms with Crippen molar-refractivity contribution < 1.29 is 14.3 Å². The van der Waals surface area contributed by atoms with Gasteiger partial charge in [-0.15, -0.1) is 11.8 Å². The summed E-state index contributed by atoms with van der Waals surface area (Å²) in [7, 11) is 3.24. The number of nitrogens with zero attached hydrogens (tertiary/aromatic N) is 2. The second-order valence-corrected chi connectivity index (χ2v) is 6.66. The number of aromatic nitrogens is 1. The van der Waals surface area contributed by atoms with Crippen LogP contribution >= 0.6 is 11.8 Å². The Morgan fingerprint density at radius 3 is 2.58 bits per heavy atom. The van der Waals surface area contributed by atoms with Gasteiger partial charge in [0.1, 0.15) is 16.9 Å². The smallest absolute Gasteiger partial charge is 0.224 e. The molecule has 1 unspecified atom stereocenters. The van der Waals surface area contributed by atoms with Crippen LogP contribution in [0.3, 0.4) is 0 Å². The molecule has 24 heavy (non-hydrogen) atoms. The Morgan fingerprint density at radius 1 is 1.21 bits per heavy atom. The first kappa shape index (κ1) is 16.6. The van der Waals surface area contributed by atoms with E-state index in [1.165, 1.54) is 0 Å². The lowest BCUT2D eigenvalue weighted by molar-refractivity contribution is -0.132. The molecule has 3 rings (SSSR count). The summed E-state index contributed by atoms with van der Waals surface area (Å²) in [5.74, 6) is 2.40. The van der Waals surface area contributed by atoms with Gasteiger partial charge in [-0.1, -0.05) is 6.07 Å². The fourth-order valence-electron chi connectivity index (χ4n) is 2.71. The monoisotopic (exact) mass is 344 g/mol. The topological polar surface area (TPSA) is 51.7 Å². The molecule has 1 aliphatic rings. The van der Waals surface area contributed by atoms with E-state index in [2.05, 4.69) is 4.98 Å². The molecule has 1 aromatic heterocycles. The third kappa shape index (κ3) is 3.64. The van der Waals surface area contributed by atoms with E-state index in [1.54, 1.807) is 32.2 Å². The van der Waals surface area contributed by atoms with Gasteiger partial charge in [-0.3, -0.25) is 9.78 Å². The standard InChI is InChI=1S/C18H20N2O3S/c1-22-14-9-13(10-15(11-14)23-2)12-20-17(21)6-8-24-18(20)16-5-3-4-7-19-16/h3-5,7,9-11,18H,6,8,12H2,1-2H3. The van der Waals surface area contributed by atoms with Gasteiger partial charge in [-0.2, -0.15) is 0 Å². The summed E-state index contributed by atoms with van der Waals surface area (Å²) in [5.41, 5.74) is 1.88. The van der Waals surface area contributed by atoms with E-state index in [4.69, 9.17) is 9.47 Å². The number of methoxy groups -OCH3 is 2. The van der Waals surface area contributed by atoms with E-state index in [0.29, 0.717) is 13.0 Å². The van der Waals surface area contributed by atoms with Crippen molar-refractivity contribution in [1.29, 1.82) is 0 Å². The van der Waals surface area contributed by atoms with Crippen LogP contribution < -0.4 is 9.47 Å². The molecule has 1 fully saturated rings. The highest BCUT2D eigenvalue weighted by Gasteiger charge is 2.30. The van der Waals surface area contributed by atoms with Crippen molar-refractivity contribution in [2.45, 2.75) is 18.3 Å². The summed E-state index contributed by atoms with van der Waals surface area (Å²) in [5, 5.41) is -0.0651. The molecule has 2 aromatic rings. The van der Waals surface area contributed by atoms with Crippen molar-refractivity contribution in [3.8, 4) is 11.5 Å². The number of rotatable bonds is 5. The summed E-state index contributed by atoms with van der Waals surface area (Å²) >= 11 is 1.75. The Kier molecular flexibility index (Phi) is 5.25. The molecule has 0 bridgehead atoms. The SMILES string of the molecule is COc1cc(CN2C(=O)CCSC2c2ccccn2)cc(OC)c1. The number of carbonyl (C=O) groups excluding carboxylic acids is 1. The Hall–Kier alpha value is -2.21.